The first kappa shape index (κ1) is 16.8. The van der Waals surface area contributed by atoms with Gasteiger partial charge in [-0.3, -0.25) is 4.90 Å². The third-order valence-electron chi connectivity index (χ3n) is 3.42. The smallest absolute Gasteiger partial charge is 0.123 e. The van der Waals surface area contributed by atoms with Crippen molar-refractivity contribution < 1.29 is 4.74 Å². The van der Waals surface area contributed by atoms with Crippen LogP contribution in [0.1, 0.15) is 26.3 Å². The highest BCUT2D eigenvalue weighted by molar-refractivity contribution is 5.47. The van der Waals surface area contributed by atoms with E-state index in [9.17, 15) is 0 Å². The van der Waals surface area contributed by atoms with Gasteiger partial charge in [0.1, 0.15) is 5.75 Å². The van der Waals surface area contributed by atoms with Crippen LogP contribution in [0.5, 0.6) is 5.75 Å². The second-order valence-corrected chi connectivity index (χ2v) is 5.47. The number of benzene rings is 1. The van der Waals surface area contributed by atoms with E-state index in [1.165, 1.54) is 5.56 Å². The molecule has 0 fully saturated rings. The summed E-state index contributed by atoms with van der Waals surface area (Å²) in [5.41, 5.74) is 7.87. The maximum absolute atomic E-state index is 5.92. The average Bonchev–Trinajstić information content (AvgIpc) is 2.38. The molecular formula is C16H29N3O. The standard InChI is InChI=1S/C16H29N3O/c1-6-19(13(3)11-18(4)5)12-14-10-15(17)8-9-16(14)20-7-2/h8-10,13H,6-7,11-12,17H2,1-5H3. The van der Waals surface area contributed by atoms with Crippen LogP contribution < -0.4 is 10.5 Å². The van der Waals surface area contributed by atoms with Gasteiger partial charge in [0, 0.05) is 30.4 Å². The Morgan fingerprint density at radius 3 is 2.50 bits per heavy atom. The molecule has 20 heavy (non-hydrogen) atoms. The van der Waals surface area contributed by atoms with Gasteiger partial charge in [-0.1, -0.05) is 6.92 Å². The fraction of sp³-hybridized carbons (Fsp3) is 0.625. The van der Waals surface area contributed by atoms with Gasteiger partial charge in [0.15, 0.2) is 0 Å². The monoisotopic (exact) mass is 279 g/mol. The molecule has 1 atom stereocenters. The molecule has 0 aliphatic rings. The number of nitrogens with two attached hydrogens (primary N) is 1. The lowest BCUT2D eigenvalue weighted by atomic mass is 10.1. The summed E-state index contributed by atoms with van der Waals surface area (Å²) in [7, 11) is 4.22. The number of nitrogen functional groups attached to an aromatic ring is 1. The van der Waals surface area contributed by atoms with E-state index >= 15 is 0 Å². The molecule has 4 nitrogen and oxygen atoms in total. The molecule has 2 N–H and O–H groups in total. The molecule has 0 saturated heterocycles. The van der Waals surface area contributed by atoms with Gasteiger partial charge in [0.2, 0.25) is 0 Å². The molecule has 0 aliphatic heterocycles. The number of rotatable bonds is 8. The molecule has 0 spiro atoms. The molecule has 4 heteroatoms. The molecule has 0 aromatic heterocycles. The summed E-state index contributed by atoms with van der Waals surface area (Å²) in [5, 5.41) is 0. The molecule has 1 aromatic rings. The Balaban J connectivity index is 2.85. The fourth-order valence-electron chi connectivity index (χ4n) is 2.46. The van der Waals surface area contributed by atoms with E-state index in [1.807, 2.05) is 25.1 Å². The zero-order chi connectivity index (χ0) is 15.1. The normalized spacial score (nSPS) is 12.9. The van der Waals surface area contributed by atoms with Crippen LogP contribution in [0, 0.1) is 0 Å². The molecule has 0 heterocycles. The molecule has 0 saturated carbocycles. The Morgan fingerprint density at radius 1 is 1.25 bits per heavy atom. The largest absolute Gasteiger partial charge is 0.494 e. The fourth-order valence-corrected chi connectivity index (χ4v) is 2.46. The van der Waals surface area contributed by atoms with Gasteiger partial charge < -0.3 is 15.4 Å². The minimum Gasteiger partial charge on any atom is -0.494 e. The Hall–Kier alpha value is -1.26. The zero-order valence-corrected chi connectivity index (χ0v) is 13.5. The van der Waals surface area contributed by atoms with Gasteiger partial charge >= 0.3 is 0 Å². The Kier molecular flexibility index (Phi) is 6.82. The van der Waals surface area contributed by atoms with Crippen molar-refractivity contribution in [2.24, 2.45) is 0 Å². The van der Waals surface area contributed by atoms with E-state index in [-0.39, 0.29) is 0 Å². The number of likely N-dealkylation sites (N-methyl/N-ethyl adjacent to an activating group) is 2. The summed E-state index contributed by atoms with van der Waals surface area (Å²) >= 11 is 0. The predicted molar refractivity (Wildman–Crippen MR) is 86.1 cm³/mol. The van der Waals surface area contributed by atoms with Crippen LogP contribution >= 0.6 is 0 Å². The average molecular weight is 279 g/mol. The lowest BCUT2D eigenvalue weighted by molar-refractivity contribution is 0.172. The number of hydrogen-bond donors (Lipinski definition) is 1. The van der Waals surface area contributed by atoms with Gasteiger partial charge in [-0.05, 0) is 52.7 Å². The molecule has 1 rings (SSSR count). The van der Waals surface area contributed by atoms with Crippen LogP contribution in [0.2, 0.25) is 0 Å². The second kappa shape index (κ2) is 8.12. The summed E-state index contributed by atoms with van der Waals surface area (Å²) in [6, 6.07) is 6.38. The number of hydrogen-bond acceptors (Lipinski definition) is 4. The number of ether oxygens (including phenoxy) is 1. The van der Waals surface area contributed by atoms with Crippen molar-refractivity contribution in [3.63, 3.8) is 0 Å². The maximum atomic E-state index is 5.92. The molecule has 0 amide bonds. The van der Waals surface area contributed by atoms with E-state index in [2.05, 4.69) is 37.7 Å². The van der Waals surface area contributed by atoms with Gasteiger partial charge in [0.25, 0.3) is 0 Å². The van der Waals surface area contributed by atoms with Crippen molar-refractivity contribution in [3.8, 4) is 5.75 Å². The van der Waals surface area contributed by atoms with Crippen molar-refractivity contribution in [3.05, 3.63) is 23.8 Å². The molecule has 0 radical (unpaired) electrons. The van der Waals surface area contributed by atoms with Crippen molar-refractivity contribution in [2.45, 2.75) is 33.4 Å². The van der Waals surface area contributed by atoms with Crippen LogP contribution in [0.3, 0.4) is 0 Å². The molecule has 1 unspecified atom stereocenters. The first-order valence-electron chi connectivity index (χ1n) is 7.37. The summed E-state index contributed by atoms with van der Waals surface area (Å²) in [6.45, 7) is 10.1. The van der Waals surface area contributed by atoms with E-state index in [0.29, 0.717) is 12.6 Å². The number of anilines is 1. The maximum Gasteiger partial charge on any atom is 0.123 e. The van der Waals surface area contributed by atoms with E-state index < -0.39 is 0 Å². The van der Waals surface area contributed by atoms with Gasteiger partial charge in [-0.2, -0.15) is 0 Å². The highest BCUT2D eigenvalue weighted by Gasteiger charge is 2.15. The Labute approximate surface area is 123 Å². The van der Waals surface area contributed by atoms with Crippen molar-refractivity contribution in [1.82, 2.24) is 9.80 Å². The van der Waals surface area contributed by atoms with Crippen LogP contribution in [-0.2, 0) is 6.54 Å². The minimum absolute atomic E-state index is 0.492. The molecular weight excluding hydrogens is 250 g/mol. The van der Waals surface area contributed by atoms with Crippen molar-refractivity contribution >= 4 is 5.69 Å². The Morgan fingerprint density at radius 2 is 1.95 bits per heavy atom. The molecule has 0 aliphatic carbocycles. The van der Waals surface area contributed by atoms with Crippen molar-refractivity contribution in [2.75, 3.05) is 39.5 Å². The van der Waals surface area contributed by atoms with Crippen LogP contribution in [0.25, 0.3) is 0 Å². The van der Waals surface area contributed by atoms with E-state index in [0.717, 1.165) is 31.1 Å². The van der Waals surface area contributed by atoms with Crippen LogP contribution in [0.15, 0.2) is 18.2 Å². The summed E-state index contributed by atoms with van der Waals surface area (Å²) in [6.07, 6.45) is 0. The Bertz CT molecular complexity index is 407. The first-order chi connectivity index (χ1) is 9.47. The lowest BCUT2D eigenvalue weighted by Crippen LogP contribution is -2.39. The van der Waals surface area contributed by atoms with Gasteiger partial charge in [-0.15, -0.1) is 0 Å². The zero-order valence-electron chi connectivity index (χ0n) is 13.5. The third-order valence-corrected chi connectivity index (χ3v) is 3.42. The summed E-state index contributed by atoms with van der Waals surface area (Å²) < 4.78 is 5.71. The number of nitrogens with zero attached hydrogens (tertiary/aromatic N) is 2. The lowest BCUT2D eigenvalue weighted by Gasteiger charge is -2.30. The molecule has 0 bridgehead atoms. The van der Waals surface area contributed by atoms with E-state index in [1.54, 1.807) is 0 Å². The van der Waals surface area contributed by atoms with E-state index in [4.69, 9.17) is 10.5 Å². The first-order valence-corrected chi connectivity index (χ1v) is 7.37. The molecule has 1 aromatic carbocycles. The second-order valence-electron chi connectivity index (χ2n) is 5.47. The minimum atomic E-state index is 0.492. The van der Waals surface area contributed by atoms with Crippen molar-refractivity contribution in [1.29, 1.82) is 0 Å². The summed E-state index contributed by atoms with van der Waals surface area (Å²) in [5.74, 6) is 0.942. The van der Waals surface area contributed by atoms with Gasteiger partial charge in [-0.25, -0.2) is 0 Å². The van der Waals surface area contributed by atoms with Gasteiger partial charge in [0.05, 0.1) is 6.61 Å². The van der Waals surface area contributed by atoms with Crippen LogP contribution in [-0.4, -0.2) is 49.6 Å². The quantitative estimate of drug-likeness (QED) is 0.742. The summed E-state index contributed by atoms with van der Waals surface area (Å²) in [4.78, 5) is 4.66. The predicted octanol–water partition coefficient (Wildman–Crippen LogP) is 2.44. The van der Waals surface area contributed by atoms with Crippen LogP contribution in [0.4, 0.5) is 5.69 Å². The highest BCUT2D eigenvalue weighted by Crippen LogP contribution is 2.24. The highest BCUT2D eigenvalue weighted by atomic mass is 16.5. The SMILES string of the molecule is CCOc1ccc(N)cc1CN(CC)C(C)CN(C)C. The third kappa shape index (κ3) is 5.02. The molecule has 114 valence electrons. The topological polar surface area (TPSA) is 41.7 Å².